The van der Waals surface area contributed by atoms with E-state index in [0.29, 0.717) is 6.61 Å². The average Bonchev–Trinajstić information content (AvgIpc) is 3.14. The lowest BCUT2D eigenvalue weighted by Gasteiger charge is -2.08. The Kier molecular flexibility index (Phi) is 5.45. The van der Waals surface area contributed by atoms with Crippen LogP contribution in [0.5, 0.6) is 17.2 Å². The molecule has 3 aromatic carbocycles. The van der Waals surface area contributed by atoms with Gasteiger partial charge in [-0.3, -0.25) is 4.99 Å². The molecule has 0 aliphatic carbocycles. The second-order valence-corrected chi connectivity index (χ2v) is 7.66. The summed E-state index contributed by atoms with van der Waals surface area (Å²) in [4.78, 5) is 4.49. The zero-order valence-corrected chi connectivity index (χ0v) is 17.4. The minimum Gasteiger partial charge on any atom is -0.489 e. The molecule has 0 amide bonds. The summed E-state index contributed by atoms with van der Waals surface area (Å²) in [6.07, 6.45) is 1.81. The number of benzene rings is 3. The van der Waals surface area contributed by atoms with Gasteiger partial charge in [-0.15, -0.1) is 0 Å². The number of hydrogen-bond donors (Lipinski definition) is 0. The van der Waals surface area contributed by atoms with Gasteiger partial charge in [0.1, 0.15) is 12.4 Å². The van der Waals surface area contributed by atoms with Crippen LogP contribution in [0.15, 0.2) is 74.6 Å². The number of aliphatic imine (C=N–C) groups is 1. The lowest BCUT2D eigenvalue weighted by molar-refractivity contribution is 0.174. The van der Waals surface area contributed by atoms with E-state index >= 15 is 0 Å². The van der Waals surface area contributed by atoms with Crippen LogP contribution in [0.1, 0.15) is 11.1 Å². The first-order chi connectivity index (χ1) is 13.2. The lowest BCUT2D eigenvalue weighted by Crippen LogP contribution is -1.96. The molecule has 0 unspecified atom stereocenters. The Labute approximate surface area is 174 Å². The number of rotatable bonds is 5. The first kappa shape index (κ1) is 18.1. The number of nitrogens with zero attached hydrogens (tertiary/aromatic N) is 1. The molecule has 6 heteroatoms. The van der Waals surface area contributed by atoms with Crippen molar-refractivity contribution in [1.82, 2.24) is 0 Å². The van der Waals surface area contributed by atoms with Crippen molar-refractivity contribution in [3.05, 3.63) is 80.7 Å². The average molecular weight is 489 g/mol. The third-order valence-corrected chi connectivity index (χ3v) is 5.24. The second kappa shape index (κ2) is 8.15. The molecule has 0 radical (unpaired) electrons. The fraction of sp³-hybridized carbons (Fsp3) is 0.0952. The van der Waals surface area contributed by atoms with Crippen molar-refractivity contribution in [2.24, 2.45) is 4.99 Å². The Morgan fingerprint density at radius 2 is 1.74 bits per heavy atom. The molecular formula is C21H15Br2NO3. The fourth-order valence-corrected chi connectivity index (χ4v) is 3.73. The summed E-state index contributed by atoms with van der Waals surface area (Å²) in [6.45, 7) is 0.763. The van der Waals surface area contributed by atoms with Crippen molar-refractivity contribution in [3.63, 3.8) is 0 Å². The van der Waals surface area contributed by atoms with Gasteiger partial charge in [0.05, 0.1) is 5.69 Å². The summed E-state index contributed by atoms with van der Waals surface area (Å²) in [5, 5.41) is 0. The highest BCUT2D eigenvalue weighted by Gasteiger charge is 2.12. The predicted molar refractivity (Wildman–Crippen MR) is 112 cm³/mol. The van der Waals surface area contributed by atoms with Crippen molar-refractivity contribution in [1.29, 1.82) is 0 Å². The maximum Gasteiger partial charge on any atom is 0.231 e. The van der Waals surface area contributed by atoms with E-state index in [0.717, 1.165) is 43.0 Å². The number of ether oxygens (including phenoxy) is 3. The van der Waals surface area contributed by atoms with Crippen molar-refractivity contribution in [2.75, 3.05) is 6.79 Å². The van der Waals surface area contributed by atoms with Crippen LogP contribution in [0.3, 0.4) is 0 Å². The van der Waals surface area contributed by atoms with Gasteiger partial charge < -0.3 is 14.2 Å². The largest absolute Gasteiger partial charge is 0.489 e. The molecule has 0 saturated carbocycles. The summed E-state index contributed by atoms with van der Waals surface area (Å²) >= 11 is 7.00. The van der Waals surface area contributed by atoms with Gasteiger partial charge in [0.15, 0.2) is 11.5 Å². The van der Waals surface area contributed by atoms with Crippen LogP contribution in [0.4, 0.5) is 5.69 Å². The molecule has 0 fully saturated rings. The van der Waals surface area contributed by atoms with E-state index in [4.69, 9.17) is 14.2 Å². The van der Waals surface area contributed by atoms with Gasteiger partial charge in [-0.2, -0.15) is 0 Å². The Hall–Kier alpha value is -2.31. The van der Waals surface area contributed by atoms with Gasteiger partial charge >= 0.3 is 0 Å². The van der Waals surface area contributed by atoms with Gasteiger partial charge in [-0.05, 0) is 54.1 Å². The highest BCUT2D eigenvalue weighted by Crippen LogP contribution is 2.35. The van der Waals surface area contributed by atoms with Crippen molar-refractivity contribution >= 4 is 43.8 Å². The topological polar surface area (TPSA) is 40.0 Å². The molecule has 1 heterocycles. The molecule has 0 N–H and O–H groups in total. The third-order valence-electron chi connectivity index (χ3n) is 4.01. The predicted octanol–water partition coefficient (Wildman–Crippen LogP) is 6.27. The minimum atomic E-state index is 0.265. The SMILES string of the molecule is Brc1ccc(COc2ccc(C=Nc3ccc4c(c3)OCO4)cc2)c(Br)c1. The zero-order chi connectivity index (χ0) is 18.6. The molecule has 3 aromatic rings. The van der Waals surface area contributed by atoms with Crippen molar-refractivity contribution < 1.29 is 14.2 Å². The summed E-state index contributed by atoms with van der Waals surface area (Å²) in [7, 11) is 0. The lowest BCUT2D eigenvalue weighted by atomic mass is 10.2. The van der Waals surface area contributed by atoms with E-state index in [2.05, 4.69) is 36.9 Å². The number of hydrogen-bond acceptors (Lipinski definition) is 4. The van der Waals surface area contributed by atoms with Crippen molar-refractivity contribution in [2.45, 2.75) is 6.61 Å². The van der Waals surface area contributed by atoms with Gasteiger partial charge in [0.2, 0.25) is 6.79 Å². The summed E-state index contributed by atoms with van der Waals surface area (Å²) < 4.78 is 18.6. The maximum atomic E-state index is 5.86. The van der Waals surface area contributed by atoms with Gasteiger partial charge in [-0.25, -0.2) is 0 Å². The normalized spacial score (nSPS) is 12.5. The van der Waals surface area contributed by atoms with E-state index in [1.165, 1.54) is 0 Å². The molecule has 0 atom stereocenters. The van der Waals surface area contributed by atoms with Crippen LogP contribution in [0, 0.1) is 0 Å². The number of fused-ring (bicyclic) bond motifs is 1. The Bertz CT molecular complexity index is 987. The van der Waals surface area contributed by atoms with E-state index in [-0.39, 0.29) is 6.79 Å². The molecule has 0 spiro atoms. The first-order valence-electron chi connectivity index (χ1n) is 8.28. The van der Waals surface area contributed by atoms with E-state index in [1.54, 1.807) is 0 Å². The first-order valence-corrected chi connectivity index (χ1v) is 9.86. The highest BCUT2D eigenvalue weighted by molar-refractivity contribution is 9.11. The van der Waals surface area contributed by atoms with E-state index in [9.17, 15) is 0 Å². The fourth-order valence-electron chi connectivity index (χ4n) is 2.56. The smallest absolute Gasteiger partial charge is 0.231 e. The summed E-state index contributed by atoms with van der Waals surface area (Å²) in [5.41, 5.74) is 2.90. The monoisotopic (exact) mass is 487 g/mol. The Balaban J connectivity index is 1.38. The van der Waals surface area contributed by atoms with E-state index in [1.807, 2.05) is 66.9 Å². The molecule has 0 saturated heterocycles. The van der Waals surface area contributed by atoms with Crippen LogP contribution in [-0.4, -0.2) is 13.0 Å². The van der Waals surface area contributed by atoms with Crippen LogP contribution < -0.4 is 14.2 Å². The molecule has 27 heavy (non-hydrogen) atoms. The van der Waals surface area contributed by atoms with Gasteiger partial charge in [0.25, 0.3) is 0 Å². The quantitative estimate of drug-likeness (QED) is 0.397. The molecule has 4 nitrogen and oxygen atoms in total. The Morgan fingerprint density at radius 3 is 2.56 bits per heavy atom. The molecule has 1 aliphatic heterocycles. The van der Waals surface area contributed by atoms with Crippen LogP contribution in [0.2, 0.25) is 0 Å². The van der Waals surface area contributed by atoms with E-state index < -0.39 is 0 Å². The zero-order valence-electron chi connectivity index (χ0n) is 14.2. The molecule has 1 aliphatic rings. The standard InChI is InChI=1S/C21H15Br2NO3/c22-16-4-3-15(19(23)9-16)12-25-18-6-1-14(2-7-18)11-24-17-5-8-20-21(10-17)27-13-26-20/h1-11H,12-13H2. The molecule has 4 rings (SSSR count). The summed E-state index contributed by atoms with van der Waals surface area (Å²) in [5.74, 6) is 2.30. The molecular weight excluding hydrogens is 474 g/mol. The second-order valence-electron chi connectivity index (χ2n) is 5.89. The van der Waals surface area contributed by atoms with Crippen LogP contribution in [0.25, 0.3) is 0 Å². The van der Waals surface area contributed by atoms with Gasteiger partial charge in [0, 0.05) is 26.8 Å². The van der Waals surface area contributed by atoms with Crippen LogP contribution in [-0.2, 0) is 6.61 Å². The minimum absolute atomic E-state index is 0.265. The third kappa shape index (κ3) is 4.51. The Morgan fingerprint density at radius 1 is 0.926 bits per heavy atom. The molecule has 136 valence electrons. The molecule has 0 aromatic heterocycles. The maximum absolute atomic E-state index is 5.86. The van der Waals surface area contributed by atoms with Crippen molar-refractivity contribution in [3.8, 4) is 17.2 Å². The summed E-state index contributed by atoms with van der Waals surface area (Å²) in [6, 6.07) is 19.5. The van der Waals surface area contributed by atoms with Gasteiger partial charge in [-0.1, -0.05) is 37.9 Å². The number of halogens is 2. The van der Waals surface area contributed by atoms with Crippen LogP contribution >= 0.6 is 31.9 Å². The molecule has 0 bridgehead atoms. The highest BCUT2D eigenvalue weighted by atomic mass is 79.9.